The van der Waals surface area contributed by atoms with Gasteiger partial charge in [-0.3, -0.25) is 14.2 Å². The Labute approximate surface area is 202 Å². The predicted molar refractivity (Wildman–Crippen MR) is 134 cm³/mol. The Balaban J connectivity index is 1.58. The van der Waals surface area contributed by atoms with Crippen molar-refractivity contribution in [1.29, 1.82) is 0 Å². The summed E-state index contributed by atoms with van der Waals surface area (Å²) in [4.78, 5) is 35.8. The Morgan fingerprint density at radius 1 is 1.24 bits per heavy atom. The van der Waals surface area contributed by atoms with Gasteiger partial charge in [0.2, 0.25) is 5.91 Å². The van der Waals surface area contributed by atoms with Gasteiger partial charge >= 0.3 is 0 Å². The van der Waals surface area contributed by atoms with Crippen LogP contribution in [0.25, 0.3) is 15.9 Å². The Morgan fingerprint density at radius 2 is 2.06 bits per heavy atom. The minimum absolute atomic E-state index is 0.0644. The molecule has 5 rings (SSSR count). The summed E-state index contributed by atoms with van der Waals surface area (Å²) in [5.41, 5.74) is 1.76. The van der Waals surface area contributed by atoms with Crippen LogP contribution >= 0.6 is 23.1 Å². The first kappa shape index (κ1) is 22.5. The highest BCUT2D eigenvalue weighted by atomic mass is 32.2. The number of fused-ring (bicyclic) bond motifs is 3. The molecule has 1 unspecified atom stereocenters. The fourth-order valence-electron chi connectivity index (χ4n) is 4.94. The van der Waals surface area contributed by atoms with E-state index in [-0.39, 0.29) is 17.2 Å². The van der Waals surface area contributed by atoms with Crippen LogP contribution < -0.4 is 10.3 Å². The molecule has 6 nitrogen and oxygen atoms in total. The molecule has 0 saturated carbocycles. The van der Waals surface area contributed by atoms with E-state index < -0.39 is 0 Å². The first-order chi connectivity index (χ1) is 16.1. The van der Waals surface area contributed by atoms with Crippen molar-refractivity contribution in [2.75, 3.05) is 26.0 Å². The number of thiophene rings is 1. The molecule has 3 heterocycles. The number of rotatable bonds is 5. The first-order valence-corrected chi connectivity index (χ1v) is 13.5. The van der Waals surface area contributed by atoms with Crippen LogP contribution in [-0.4, -0.2) is 46.3 Å². The van der Waals surface area contributed by atoms with Crippen molar-refractivity contribution in [1.82, 2.24) is 14.5 Å². The molecule has 1 amide bonds. The molecule has 33 heavy (non-hydrogen) atoms. The zero-order valence-electron chi connectivity index (χ0n) is 19.1. The molecule has 0 radical (unpaired) electrons. The monoisotopic (exact) mass is 483 g/mol. The van der Waals surface area contributed by atoms with E-state index in [1.807, 2.05) is 29.2 Å². The van der Waals surface area contributed by atoms with Gasteiger partial charge in [0.1, 0.15) is 10.6 Å². The van der Waals surface area contributed by atoms with Crippen LogP contribution in [0.2, 0.25) is 0 Å². The van der Waals surface area contributed by atoms with Gasteiger partial charge in [-0.15, -0.1) is 11.3 Å². The Morgan fingerprint density at radius 3 is 2.88 bits per heavy atom. The summed E-state index contributed by atoms with van der Waals surface area (Å²) in [7, 11) is 1.61. The number of methoxy groups -OCH3 is 1. The van der Waals surface area contributed by atoms with Crippen LogP contribution in [0.1, 0.15) is 43.0 Å². The number of ether oxygens (including phenoxy) is 1. The van der Waals surface area contributed by atoms with Crippen molar-refractivity contribution >= 4 is 39.2 Å². The fourth-order valence-corrected chi connectivity index (χ4v) is 7.15. The molecule has 0 bridgehead atoms. The number of carbonyl (C=O) groups is 1. The summed E-state index contributed by atoms with van der Waals surface area (Å²) in [5, 5.41) is 1.29. The molecule has 174 valence electrons. The molecular formula is C25H29N3O3S2. The second kappa shape index (κ2) is 9.50. The van der Waals surface area contributed by atoms with Crippen molar-refractivity contribution in [2.45, 2.75) is 50.6 Å². The lowest BCUT2D eigenvalue weighted by Crippen LogP contribution is -2.40. The number of aromatic nitrogens is 2. The lowest BCUT2D eigenvalue weighted by atomic mass is 9.97. The smallest absolute Gasteiger partial charge is 0.267 e. The maximum absolute atomic E-state index is 13.9. The van der Waals surface area contributed by atoms with Crippen LogP contribution in [0, 0.1) is 5.92 Å². The van der Waals surface area contributed by atoms with Gasteiger partial charge < -0.3 is 9.64 Å². The lowest BCUT2D eigenvalue weighted by Gasteiger charge is -2.30. The molecule has 0 spiro atoms. The average molecular weight is 484 g/mol. The van der Waals surface area contributed by atoms with Gasteiger partial charge in [-0.1, -0.05) is 30.8 Å². The van der Waals surface area contributed by atoms with Crippen LogP contribution in [0.5, 0.6) is 5.75 Å². The van der Waals surface area contributed by atoms with Crippen LogP contribution in [-0.2, 0) is 17.6 Å². The average Bonchev–Trinajstić information content (AvgIpc) is 3.21. The maximum Gasteiger partial charge on any atom is 0.267 e. The second-order valence-corrected chi connectivity index (χ2v) is 11.0. The SMILES string of the molecule is COc1ccccc1-n1c(SCC(=O)N2CCCC(C)C2)nc2sc3c(c2c1=O)CCCC3. The number of carbonyl (C=O) groups excluding carboxylic acids is 1. The summed E-state index contributed by atoms with van der Waals surface area (Å²) in [5.74, 6) is 1.53. The number of hydrogen-bond acceptors (Lipinski definition) is 6. The number of piperidine rings is 1. The maximum atomic E-state index is 13.9. The molecule has 3 aromatic rings. The summed E-state index contributed by atoms with van der Waals surface area (Å²) >= 11 is 2.99. The number of benzene rings is 1. The van der Waals surface area contributed by atoms with E-state index in [1.165, 1.54) is 23.1 Å². The molecule has 2 aliphatic rings. The molecule has 1 fully saturated rings. The quantitative estimate of drug-likeness (QED) is 0.389. The highest BCUT2D eigenvalue weighted by Crippen LogP contribution is 2.36. The van der Waals surface area contributed by atoms with Crippen LogP contribution in [0.3, 0.4) is 0 Å². The van der Waals surface area contributed by atoms with E-state index in [2.05, 4.69) is 6.92 Å². The minimum atomic E-state index is -0.0644. The van der Waals surface area contributed by atoms with Crippen molar-refractivity contribution in [2.24, 2.45) is 5.92 Å². The lowest BCUT2D eigenvalue weighted by molar-refractivity contribution is -0.130. The predicted octanol–water partition coefficient (Wildman–Crippen LogP) is 4.69. The number of hydrogen-bond donors (Lipinski definition) is 0. The summed E-state index contributed by atoms with van der Waals surface area (Å²) in [6, 6.07) is 7.51. The second-order valence-electron chi connectivity index (χ2n) is 8.97. The minimum Gasteiger partial charge on any atom is -0.495 e. The third kappa shape index (κ3) is 4.30. The van der Waals surface area contributed by atoms with Gasteiger partial charge in [-0.2, -0.15) is 0 Å². The molecular weight excluding hydrogens is 454 g/mol. The molecule has 2 aromatic heterocycles. The van der Waals surface area contributed by atoms with Crippen molar-refractivity contribution in [3.8, 4) is 11.4 Å². The first-order valence-electron chi connectivity index (χ1n) is 11.7. The van der Waals surface area contributed by atoms with Crippen molar-refractivity contribution in [3.63, 3.8) is 0 Å². The van der Waals surface area contributed by atoms with Gasteiger partial charge in [-0.05, 0) is 62.1 Å². The fraction of sp³-hybridized carbons (Fsp3) is 0.480. The zero-order valence-corrected chi connectivity index (χ0v) is 20.8. The Hall–Kier alpha value is -2.32. The molecule has 1 aliphatic carbocycles. The largest absolute Gasteiger partial charge is 0.495 e. The number of amides is 1. The Bertz CT molecular complexity index is 1250. The van der Waals surface area contributed by atoms with E-state index in [9.17, 15) is 9.59 Å². The number of para-hydroxylation sites is 2. The highest BCUT2D eigenvalue weighted by Gasteiger charge is 2.26. The molecule has 1 aliphatic heterocycles. The van der Waals surface area contributed by atoms with Crippen molar-refractivity contribution in [3.05, 3.63) is 45.1 Å². The van der Waals surface area contributed by atoms with Gasteiger partial charge in [0, 0.05) is 18.0 Å². The third-order valence-electron chi connectivity index (χ3n) is 6.62. The van der Waals surface area contributed by atoms with E-state index >= 15 is 0 Å². The number of aryl methyl sites for hydroxylation is 2. The third-order valence-corrected chi connectivity index (χ3v) is 8.73. The molecule has 1 saturated heterocycles. The summed E-state index contributed by atoms with van der Waals surface area (Å²) in [6.07, 6.45) is 6.42. The van der Waals surface area contributed by atoms with E-state index in [0.717, 1.165) is 61.0 Å². The molecule has 1 atom stereocenters. The molecule has 8 heteroatoms. The zero-order chi connectivity index (χ0) is 22.9. The summed E-state index contributed by atoms with van der Waals surface area (Å²) in [6.45, 7) is 3.82. The van der Waals surface area contributed by atoms with Gasteiger partial charge in [0.15, 0.2) is 5.16 Å². The van der Waals surface area contributed by atoms with Crippen LogP contribution in [0.15, 0.2) is 34.2 Å². The number of nitrogens with zero attached hydrogens (tertiary/aromatic N) is 3. The van der Waals surface area contributed by atoms with E-state index in [0.29, 0.717) is 22.5 Å². The Kier molecular flexibility index (Phi) is 6.47. The number of thioether (sulfide) groups is 1. The van der Waals surface area contributed by atoms with Crippen molar-refractivity contribution < 1.29 is 9.53 Å². The topological polar surface area (TPSA) is 64.4 Å². The van der Waals surface area contributed by atoms with Gasteiger partial charge in [-0.25, -0.2) is 4.98 Å². The number of likely N-dealkylation sites (tertiary alicyclic amines) is 1. The van der Waals surface area contributed by atoms with Crippen LogP contribution in [0.4, 0.5) is 0 Å². The van der Waals surface area contributed by atoms with Gasteiger partial charge in [0.05, 0.1) is 23.9 Å². The van der Waals surface area contributed by atoms with E-state index in [1.54, 1.807) is 23.0 Å². The molecule has 1 aromatic carbocycles. The normalized spacial score (nSPS) is 18.4. The standard InChI is InChI=1S/C25H29N3O3S2/c1-16-8-7-13-27(14-16)21(29)15-32-25-26-23-22(17-9-3-6-12-20(17)33-23)24(30)28(25)18-10-4-5-11-19(18)31-2/h4-5,10-11,16H,3,6-9,12-15H2,1-2H3. The highest BCUT2D eigenvalue weighted by molar-refractivity contribution is 7.99. The van der Waals surface area contributed by atoms with Gasteiger partial charge in [0.25, 0.3) is 5.56 Å². The van der Waals surface area contributed by atoms with E-state index in [4.69, 9.17) is 9.72 Å². The summed E-state index contributed by atoms with van der Waals surface area (Å²) < 4.78 is 7.23. The molecule has 0 N–H and O–H groups in total.